The van der Waals surface area contributed by atoms with Gasteiger partial charge in [-0.05, 0) is 38.5 Å². The number of ether oxygens (including phenoxy) is 4. The molecule has 0 amide bonds. The number of carbonyl (C=O) groups is 2. The molecule has 0 aromatic carbocycles. The molecule has 1 rings (SSSR count). The zero-order valence-corrected chi connectivity index (χ0v) is 38.7. The summed E-state index contributed by atoms with van der Waals surface area (Å²) in [6, 6.07) is 0. The van der Waals surface area contributed by atoms with Crippen LogP contribution in [0.5, 0.6) is 0 Å². The number of aliphatic hydroxyl groups is 4. The highest BCUT2D eigenvalue weighted by atomic mass is 16.7. The lowest BCUT2D eigenvalue weighted by Crippen LogP contribution is -2.59. The van der Waals surface area contributed by atoms with Crippen LogP contribution in [0.2, 0.25) is 0 Å². The van der Waals surface area contributed by atoms with Gasteiger partial charge in [-0.3, -0.25) is 9.59 Å². The highest BCUT2D eigenvalue weighted by molar-refractivity contribution is 5.70. The van der Waals surface area contributed by atoms with Crippen molar-refractivity contribution in [3.63, 3.8) is 0 Å². The zero-order chi connectivity index (χ0) is 44.4. The van der Waals surface area contributed by atoms with E-state index in [0.717, 1.165) is 44.9 Å². The average molecular weight is 863 g/mol. The summed E-state index contributed by atoms with van der Waals surface area (Å²) in [4.78, 5) is 25.3. The monoisotopic (exact) mass is 863 g/mol. The van der Waals surface area contributed by atoms with Gasteiger partial charge in [0.1, 0.15) is 31.0 Å². The van der Waals surface area contributed by atoms with E-state index in [1.165, 1.54) is 128 Å². The molecule has 0 saturated carbocycles. The second-order valence-corrected chi connectivity index (χ2v) is 16.9. The molecular weight excluding hydrogens is 773 g/mol. The van der Waals surface area contributed by atoms with E-state index in [1.807, 2.05) is 12.2 Å². The van der Waals surface area contributed by atoms with Crippen molar-refractivity contribution in [1.82, 2.24) is 0 Å². The van der Waals surface area contributed by atoms with Gasteiger partial charge in [0, 0.05) is 12.8 Å². The van der Waals surface area contributed by atoms with Gasteiger partial charge in [-0.1, -0.05) is 204 Å². The predicted molar refractivity (Wildman–Crippen MR) is 247 cm³/mol. The molecule has 0 radical (unpaired) electrons. The van der Waals surface area contributed by atoms with Crippen LogP contribution in [0.1, 0.15) is 206 Å². The number of aliphatic hydroxyl groups excluding tert-OH is 4. The van der Waals surface area contributed by atoms with Crippen LogP contribution in [0.25, 0.3) is 0 Å². The molecule has 6 unspecified atom stereocenters. The summed E-state index contributed by atoms with van der Waals surface area (Å²) in [5, 5.41) is 40.1. The Morgan fingerprint density at radius 3 is 1.43 bits per heavy atom. The zero-order valence-electron chi connectivity index (χ0n) is 38.7. The minimum Gasteiger partial charge on any atom is -0.462 e. The number of rotatable bonds is 41. The van der Waals surface area contributed by atoms with Crippen LogP contribution in [0, 0.1) is 0 Å². The van der Waals surface area contributed by atoms with Gasteiger partial charge in [0.25, 0.3) is 0 Å². The molecule has 1 aliphatic heterocycles. The average Bonchev–Trinajstić information content (AvgIpc) is 3.26. The van der Waals surface area contributed by atoms with Gasteiger partial charge in [0.05, 0.1) is 13.2 Å². The molecule has 6 atom stereocenters. The normalized spacial score (nSPS) is 20.1. The van der Waals surface area contributed by atoms with E-state index >= 15 is 0 Å². The number of esters is 2. The number of unbranched alkanes of at least 4 members (excludes halogenated alkanes) is 22. The first-order chi connectivity index (χ1) is 29.8. The van der Waals surface area contributed by atoms with Gasteiger partial charge in [-0.2, -0.15) is 0 Å². The Kier molecular flexibility index (Phi) is 38.7. The molecule has 61 heavy (non-hydrogen) atoms. The summed E-state index contributed by atoms with van der Waals surface area (Å²) in [6.45, 7) is 3.25. The minimum atomic E-state index is -1.61. The fourth-order valence-corrected chi connectivity index (χ4v) is 7.38. The summed E-state index contributed by atoms with van der Waals surface area (Å²) >= 11 is 0. The summed E-state index contributed by atoms with van der Waals surface area (Å²) in [7, 11) is 0. The van der Waals surface area contributed by atoms with Crippen LogP contribution in [0.15, 0.2) is 48.6 Å². The molecule has 1 aliphatic rings. The Bertz CT molecular complexity index is 1130. The maximum atomic E-state index is 12.7. The molecule has 354 valence electrons. The first-order valence-corrected chi connectivity index (χ1v) is 24.7. The lowest BCUT2D eigenvalue weighted by molar-refractivity contribution is -0.305. The molecule has 10 heteroatoms. The molecule has 0 bridgehead atoms. The Balaban J connectivity index is 2.25. The molecule has 1 saturated heterocycles. The maximum Gasteiger partial charge on any atom is 0.306 e. The first-order valence-electron chi connectivity index (χ1n) is 24.7. The van der Waals surface area contributed by atoms with Gasteiger partial charge in [-0.25, -0.2) is 0 Å². The van der Waals surface area contributed by atoms with E-state index in [4.69, 9.17) is 18.9 Å². The quantitative estimate of drug-likeness (QED) is 0.0265. The number of hydrogen-bond donors (Lipinski definition) is 4. The number of carbonyl (C=O) groups excluding carboxylic acids is 2. The van der Waals surface area contributed by atoms with E-state index in [-0.39, 0.29) is 26.1 Å². The Morgan fingerprint density at radius 2 is 0.967 bits per heavy atom. The summed E-state index contributed by atoms with van der Waals surface area (Å²) < 4.78 is 22.1. The number of allylic oxidation sites excluding steroid dienone is 8. The molecule has 1 heterocycles. The van der Waals surface area contributed by atoms with Crippen LogP contribution in [-0.2, 0) is 28.5 Å². The van der Waals surface area contributed by atoms with Crippen molar-refractivity contribution in [1.29, 1.82) is 0 Å². The fourth-order valence-electron chi connectivity index (χ4n) is 7.38. The molecular formula is C51H90O10. The van der Waals surface area contributed by atoms with Gasteiger partial charge < -0.3 is 39.4 Å². The van der Waals surface area contributed by atoms with E-state index < -0.39 is 55.4 Å². The largest absolute Gasteiger partial charge is 0.462 e. The molecule has 0 aromatic heterocycles. The maximum absolute atomic E-state index is 12.7. The highest BCUT2D eigenvalue weighted by Gasteiger charge is 2.44. The predicted octanol–water partition coefficient (Wildman–Crippen LogP) is 11.2. The van der Waals surface area contributed by atoms with Crippen LogP contribution in [0.4, 0.5) is 0 Å². The minimum absolute atomic E-state index is 0.109. The first kappa shape index (κ1) is 56.7. The van der Waals surface area contributed by atoms with Gasteiger partial charge in [-0.15, -0.1) is 0 Å². The summed E-state index contributed by atoms with van der Waals surface area (Å²) in [5.41, 5.74) is 0. The van der Waals surface area contributed by atoms with Crippen molar-refractivity contribution in [2.24, 2.45) is 0 Å². The van der Waals surface area contributed by atoms with E-state index in [0.29, 0.717) is 6.42 Å². The van der Waals surface area contributed by atoms with Gasteiger partial charge in [0.15, 0.2) is 12.4 Å². The highest BCUT2D eigenvalue weighted by Crippen LogP contribution is 2.23. The second kappa shape index (κ2) is 41.7. The molecule has 1 fully saturated rings. The number of hydrogen-bond acceptors (Lipinski definition) is 10. The van der Waals surface area contributed by atoms with Crippen molar-refractivity contribution < 1.29 is 49.0 Å². The summed E-state index contributed by atoms with van der Waals surface area (Å²) in [5.74, 6) is -0.895. The van der Waals surface area contributed by atoms with Crippen LogP contribution < -0.4 is 0 Å². The topological polar surface area (TPSA) is 152 Å². The van der Waals surface area contributed by atoms with Crippen molar-refractivity contribution in [3.8, 4) is 0 Å². The molecule has 4 N–H and O–H groups in total. The van der Waals surface area contributed by atoms with Crippen molar-refractivity contribution >= 4 is 11.9 Å². The lowest BCUT2D eigenvalue weighted by atomic mass is 9.99. The van der Waals surface area contributed by atoms with Crippen molar-refractivity contribution in [3.05, 3.63) is 48.6 Å². The Morgan fingerprint density at radius 1 is 0.525 bits per heavy atom. The van der Waals surface area contributed by atoms with Crippen molar-refractivity contribution in [2.45, 2.75) is 243 Å². The second-order valence-electron chi connectivity index (χ2n) is 16.9. The lowest BCUT2D eigenvalue weighted by Gasteiger charge is -2.39. The third kappa shape index (κ3) is 32.9. The standard InChI is InChI=1S/C51H90O10/c1-3-5-7-9-11-13-15-17-18-19-20-21-22-23-24-25-26-28-29-31-33-35-37-39-46(53)58-42-44(43-59-51-50(57)49(56)48(55)45(41-52)61-51)60-47(54)40-38-36-34-32-30-27-16-14-12-10-8-6-4-2/h6,8,12,14,27,30,34,36,44-45,48-52,55-57H,3-5,7,9-11,13,15-26,28-29,31-33,35,37-43H2,1-2H3/b8-6-,14-12-,30-27-,36-34-. The van der Waals surface area contributed by atoms with Gasteiger partial charge >= 0.3 is 11.9 Å². The molecule has 10 nitrogen and oxygen atoms in total. The third-order valence-corrected chi connectivity index (χ3v) is 11.2. The smallest absolute Gasteiger partial charge is 0.306 e. The SMILES string of the molecule is CC/C=C\C/C=C\C/C=C\C/C=C\CCC(=O)OC(COC(=O)CCCCCCCCCCCCCCCCCCCCCCCCC)COC1OC(CO)C(O)C(O)C1O. The van der Waals surface area contributed by atoms with Crippen molar-refractivity contribution in [2.75, 3.05) is 19.8 Å². The Hall–Kier alpha value is -2.34. The fraction of sp³-hybridized carbons (Fsp3) is 0.804. The van der Waals surface area contributed by atoms with Gasteiger partial charge in [0.2, 0.25) is 0 Å². The summed E-state index contributed by atoms with van der Waals surface area (Å²) in [6.07, 6.45) is 43.0. The Labute approximate surface area is 371 Å². The third-order valence-electron chi connectivity index (χ3n) is 11.2. The molecule has 0 spiro atoms. The van der Waals surface area contributed by atoms with E-state index in [2.05, 4.69) is 50.3 Å². The van der Waals surface area contributed by atoms with E-state index in [1.54, 1.807) is 0 Å². The van der Waals surface area contributed by atoms with E-state index in [9.17, 15) is 30.0 Å². The molecule has 0 aliphatic carbocycles. The van der Waals surface area contributed by atoms with Crippen LogP contribution in [0.3, 0.4) is 0 Å². The van der Waals surface area contributed by atoms with Crippen LogP contribution >= 0.6 is 0 Å². The van der Waals surface area contributed by atoms with Crippen LogP contribution in [-0.4, -0.2) is 89.0 Å². The molecule has 0 aromatic rings.